The van der Waals surface area contributed by atoms with E-state index in [1.165, 1.54) is 16.7 Å². The van der Waals surface area contributed by atoms with Crippen molar-refractivity contribution in [2.24, 2.45) is 11.3 Å². The van der Waals surface area contributed by atoms with Crippen LogP contribution < -0.4 is 5.32 Å². The maximum atomic E-state index is 13.1. The quantitative estimate of drug-likeness (QED) is 0.421. The zero-order valence-corrected chi connectivity index (χ0v) is 21.9. The molecule has 3 atom stereocenters. The van der Waals surface area contributed by atoms with Gasteiger partial charge in [0.25, 0.3) is 0 Å². The molecule has 0 aromatic heterocycles. The topological polar surface area (TPSA) is 89.9 Å². The van der Waals surface area contributed by atoms with E-state index in [-0.39, 0.29) is 29.2 Å². The third-order valence-corrected chi connectivity index (χ3v) is 8.76. The molecule has 3 aromatic carbocycles. The van der Waals surface area contributed by atoms with Crippen molar-refractivity contribution in [3.8, 4) is 5.75 Å². The van der Waals surface area contributed by atoms with Gasteiger partial charge in [0.2, 0.25) is 5.91 Å². The molecule has 1 heterocycles. The van der Waals surface area contributed by atoms with Crippen molar-refractivity contribution in [1.82, 2.24) is 10.2 Å². The maximum Gasteiger partial charge on any atom is 0.322 e. The Morgan fingerprint density at radius 1 is 0.974 bits per heavy atom. The molecule has 2 aliphatic rings. The lowest BCUT2D eigenvalue weighted by molar-refractivity contribution is -0.138. The number of likely N-dealkylation sites (tertiary alicyclic amines) is 1. The third-order valence-electron chi connectivity index (χ3n) is 8.76. The predicted molar refractivity (Wildman–Crippen MR) is 147 cm³/mol. The summed E-state index contributed by atoms with van der Waals surface area (Å²) < 4.78 is 0. The molecule has 5 rings (SSSR count). The Hall–Kier alpha value is -3.64. The second-order valence-electron chi connectivity index (χ2n) is 11.3. The Labute approximate surface area is 224 Å². The highest BCUT2D eigenvalue weighted by Crippen LogP contribution is 2.55. The van der Waals surface area contributed by atoms with Crippen LogP contribution in [0.25, 0.3) is 0 Å². The minimum absolute atomic E-state index is 0.109. The number of carbonyl (C=O) groups excluding carboxylic acids is 1. The monoisotopic (exact) mass is 512 g/mol. The fourth-order valence-electron chi connectivity index (χ4n) is 6.86. The molecule has 0 spiro atoms. The molecule has 0 radical (unpaired) electrons. The van der Waals surface area contributed by atoms with Gasteiger partial charge in [-0.15, -0.1) is 0 Å². The van der Waals surface area contributed by atoms with E-state index < -0.39 is 5.97 Å². The number of hydrogen-bond acceptors (Lipinski definition) is 4. The van der Waals surface area contributed by atoms with Gasteiger partial charge in [0.15, 0.2) is 0 Å². The third kappa shape index (κ3) is 5.18. The molecule has 6 nitrogen and oxygen atoms in total. The summed E-state index contributed by atoms with van der Waals surface area (Å²) in [5.74, 6) is -1.33. The normalized spacial score (nSPS) is 23.6. The van der Waals surface area contributed by atoms with E-state index in [0.29, 0.717) is 18.7 Å². The van der Waals surface area contributed by atoms with Gasteiger partial charge in [-0.1, -0.05) is 73.7 Å². The summed E-state index contributed by atoms with van der Waals surface area (Å²) in [6, 6.07) is 26.3. The van der Waals surface area contributed by atoms with Crippen molar-refractivity contribution in [2.45, 2.75) is 38.0 Å². The highest BCUT2D eigenvalue weighted by Gasteiger charge is 2.55. The minimum atomic E-state index is -1.04. The van der Waals surface area contributed by atoms with Crippen LogP contribution in [0.3, 0.4) is 0 Å². The van der Waals surface area contributed by atoms with Crippen LogP contribution in [0.2, 0.25) is 0 Å². The minimum Gasteiger partial charge on any atom is -0.508 e. The molecule has 0 bridgehead atoms. The van der Waals surface area contributed by atoms with Crippen LogP contribution in [0.1, 0.15) is 35.6 Å². The highest BCUT2D eigenvalue weighted by atomic mass is 16.4. The summed E-state index contributed by atoms with van der Waals surface area (Å²) in [6.07, 6.45) is 3.31. The van der Waals surface area contributed by atoms with Crippen LogP contribution in [0.5, 0.6) is 5.75 Å². The molecular formula is C32H36N2O4. The van der Waals surface area contributed by atoms with E-state index in [0.717, 1.165) is 37.9 Å². The zero-order chi connectivity index (χ0) is 26.8. The van der Waals surface area contributed by atoms with E-state index in [9.17, 15) is 14.7 Å². The van der Waals surface area contributed by atoms with E-state index in [4.69, 9.17) is 5.11 Å². The van der Waals surface area contributed by atoms with Crippen molar-refractivity contribution < 1.29 is 19.8 Å². The van der Waals surface area contributed by atoms with Crippen molar-refractivity contribution >= 4 is 11.9 Å². The number of piperidine rings is 1. The van der Waals surface area contributed by atoms with Crippen molar-refractivity contribution in [3.63, 3.8) is 0 Å². The van der Waals surface area contributed by atoms with Gasteiger partial charge in [-0.3, -0.25) is 9.59 Å². The first-order valence-corrected chi connectivity index (χ1v) is 13.4. The number of hydrogen-bond donors (Lipinski definition) is 3. The molecule has 1 fully saturated rings. The van der Waals surface area contributed by atoms with E-state index in [1.807, 2.05) is 42.5 Å². The predicted octanol–water partition coefficient (Wildman–Crippen LogP) is 4.20. The fraction of sp³-hybridized carbons (Fsp3) is 0.375. The Morgan fingerprint density at radius 2 is 1.68 bits per heavy atom. The Balaban J connectivity index is 1.44. The first kappa shape index (κ1) is 26.0. The van der Waals surface area contributed by atoms with Crippen molar-refractivity contribution in [1.29, 1.82) is 0 Å². The molecule has 1 amide bonds. The fourth-order valence-corrected chi connectivity index (χ4v) is 6.86. The SMILES string of the molecule is CC12Cc3ccccc3C[C@]1(c1cccc(O)c1)CCN(CC(Cc1ccccc1)C(=O)NCC(=O)O)C2. The van der Waals surface area contributed by atoms with Gasteiger partial charge in [0.05, 0.1) is 5.92 Å². The van der Waals surface area contributed by atoms with Gasteiger partial charge < -0.3 is 20.4 Å². The smallest absolute Gasteiger partial charge is 0.322 e. The van der Waals surface area contributed by atoms with E-state index in [1.54, 1.807) is 6.07 Å². The maximum absolute atomic E-state index is 13.1. The first-order chi connectivity index (χ1) is 18.3. The highest BCUT2D eigenvalue weighted by molar-refractivity contribution is 5.83. The number of aromatic hydroxyl groups is 1. The Bertz CT molecular complexity index is 1310. The number of carbonyl (C=O) groups is 2. The van der Waals surface area contributed by atoms with E-state index in [2.05, 4.69) is 47.5 Å². The number of benzene rings is 3. The van der Waals surface area contributed by atoms with Crippen LogP contribution in [-0.4, -0.2) is 53.2 Å². The molecule has 198 valence electrons. The van der Waals surface area contributed by atoms with Gasteiger partial charge in [-0.25, -0.2) is 0 Å². The largest absolute Gasteiger partial charge is 0.508 e. The van der Waals surface area contributed by atoms with Gasteiger partial charge in [0.1, 0.15) is 12.3 Å². The Morgan fingerprint density at radius 3 is 2.39 bits per heavy atom. The molecule has 1 saturated heterocycles. The van der Waals surface area contributed by atoms with Crippen LogP contribution in [0.4, 0.5) is 0 Å². The molecule has 2 unspecified atom stereocenters. The molecular weight excluding hydrogens is 476 g/mol. The number of carboxylic acids is 1. The van der Waals surface area contributed by atoms with E-state index >= 15 is 0 Å². The second kappa shape index (κ2) is 10.6. The number of aliphatic carboxylic acids is 1. The van der Waals surface area contributed by atoms with Gasteiger partial charge >= 0.3 is 5.97 Å². The van der Waals surface area contributed by atoms with Crippen LogP contribution in [0.15, 0.2) is 78.9 Å². The summed E-state index contributed by atoms with van der Waals surface area (Å²) in [5.41, 5.74) is 4.74. The summed E-state index contributed by atoms with van der Waals surface area (Å²) in [6.45, 7) is 4.18. The number of rotatable bonds is 8. The molecule has 1 aliphatic heterocycles. The summed E-state index contributed by atoms with van der Waals surface area (Å²) >= 11 is 0. The number of fused-ring (bicyclic) bond motifs is 2. The standard InChI is InChI=1S/C32H36N2O4/c1-31-18-24-10-5-6-11-25(24)19-32(31,27-12-7-13-28(35)17-27)14-15-34(22-31)21-26(30(38)33-20-29(36)37)16-23-8-3-2-4-9-23/h2-13,17,26,35H,14-16,18-22H2,1H3,(H,33,38)(H,36,37)/t26?,31?,32-/m0/s1. The summed E-state index contributed by atoms with van der Waals surface area (Å²) in [7, 11) is 0. The average molecular weight is 513 g/mol. The summed E-state index contributed by atoms with van der Waals surface area (Å²) in [4.78, 5) is 26.7. The summed E-state index contributed by atoms with van der Waals surface area (Å²) in [5, 5.41) is 22.1. The molecule has 1 aliphatic carbocycles. The van der Waals surface area contributed by atoms with Crippen LogP contribution in [-0.2, 0) is 34.3 Å². The van der Waals surface area contributed by atoms with Gasteiger partial charge in [-0.05, 0) is 72.0 Å². The average Bonchev–Trinajstić information content (AvgIpc) is 2.90. The Kier molecular flexibility index (Phi) is 7.26. The molecule has 3 aromatic rings. The number of phenolic OH excluding ortho intramolecular Hbond substituents is 1. The number of amides is 1. The second-order valence-corrected chi connectivity index (χ2v) is 11.3. The van der Waals surface area contributed by atoms with Crippen LogP contribution in [0, 0.1) is 11.3 Å². The van der Waals surface area contributed by atoms with Gasteiger partial charge in [-0.2, -0.15) is 0 Å². The zero-order valence-electron chi connectivity index (χ0n) is 21.9. The lowest BCUT2D eigenvalue weighted by Crippen LogP contribution is -2.61. The molecule has 6 heteroatoms. The van der Waals surface area contributed by atoms with Gasteiger partial charge in [0, 0.05) is 18.5 Å². The first-order valence-electron chi connectivity index (χ1n) is 13.4. The molecule has 3 N–H and O–H groups in total. The van der Waals surface area contributed by atoms with Crippen molar-refractivity contribution in [3.05, 3.63) is 101 Å². The number of phenols is 1. The van der Waals surface area contributed by atoms with Crippen molar-refractivity contribution in [2.75, 3.05) is 26.2 Å². The van der Waals surface area contributed by atoms with Crippen LogP contribution >= 0.6 is 0 Å². The lowest BCUT2D eigenvalue weighted by atomic mass is 9.50. The molecule has 38 heavy (non-hydrogen) atoms. The lowest BCUT2D eigenvalue weighted by Gasteiger charge is -2.58. The number of carboxylic acid groups (broad SMARTS) is 1. The molecule has 0 saturated carbocycles. The number of nitrogens with one attached hydrogen (secondary N) is 1. The number of nitrogens with zero attached hydrogens (tertiary/aromatic N) is 1.